The zero-order valence-corrected chi connectivity index (χ0v) is 19.4. The maximum Gasteiger partial charge on any atom is 0.0471 e. The van der Waals surface area contributed by atoms with Crippen LogP contribution in [0.1, 0.15) is 108 Å². The van der Waals surface area contributed by atoms with Gasteiger partial charge in [-0.25, -0.2) is 0 Å². The molecule has 0 aromatic heterocycles. The highest BCUT2D eigenvalue weighted by atomic mass is 16.5. The Kier molecular flexibility index (Phi) is 11.6. The van der Waals surface area contributed by atoms with E-state index < -0.39 is 0 Å². The average molecular weight is 355 g/mol. The van der Waals surface area contributed by atoms with E-state index in [0.717, 1.165) is 36.9 Å². The molecule has 0 aromatic rings. The molecule has 0 aliphatic carbocycles. The largest absolute Gasteiger partial charge is 0.381 e. The normalized spacial score (nSPS) is 15.8. The van der Waals surface area contributed by atoms with Gasteiger partial charge in [0.2, 0.25) is 0 Å². The molecule has 0 spiro atoms. The number of hydrogen-bond acceptors (Lipinski definition) is 1. The molecule has 0 radical (unpaired) electrons. The molecule has 1 heteroatoms. The first-order valence-corrected chi connectivity index (χ1v) is 10.9. The molecule has 2 atom stereocenters. The molecule has 25 heavy (non-hydrogen) atoms. The molecule has 152 valence electrons. The summed E-state index contributed by atoms with van der Waals surface area (Å²) in [4.78, 5) is 0. The second kappa shape index (κ2) is 11.6. The molecule has 2 unspecified atom stereocenters. The number of rotatable bonds is 14. The van der Waals surface area contributed by atoms with E-state index in [0.29, 0.717) is 10.8 Å². The van der Waals surface area contributed by atoms with E-state index in [1.807, 2.05) is 0 Å². The van der Waals surface area contributed by atoms with E-state index >= 15 is 0 Å². The maximum absolute atomic E-state index is 6.03. The van der Waals surface area contributed by atoms with Gasteiger partial charge in [0, 0.05) is 13.2 Å². The molecule has 0 aliphatic rings. The Bertz CT molecular complexity index is 295. The van der Waals surface area contributed by atoms with Crippen molar-refractivity contribution < 1.29 is 4.74 Å². The number of ether oxygens (including phenoxy) is 1. The highest BCUT2D eigenvalue weighted by Crippen LogP contribution is 2.33. The van der Waals surface area contributed by atoms with Crippen molar-refractivity contribution in [2.45, 2.75) is 108 Å². The third-order valence-corrected chi connectivity index (χ3v) is 5.40. The van der Waals surface area contributed by atoms with Crippen molar-refractivity contribution in [2.24, 2.45) is 34.5 Å². The fourth-order valence-electron chi connectivity index (χ4n) is 4.67. The molecule has 1 nitrogen and oxygen atoms in total. The van der Waals surface area contributed by atoms with Crippen LogP contribution in [0, 0.1) is 34.5 Å². The summed E-state index contributed by atoms with van der Waals surface area (Å²) in [5, 5.41) is 0. The van der Waals surface area contributed by atoms with Gasteiger partial charge < -0.3 is 4.74 Å². The topological polar surface area (TPSA) is 9.23 Å². The highest BCUT2D eigenvalue weighted by Gasteiger charge is 2.23. The lowest BCUT2D eigenvalue weighted by Gasteiger charge is -2.30. The lowest BCUT2D eigenvalue weighted by atomic mass is 9.78. The summed E-state index contributed by atoms with van der Waals surface area (Å²) in [6.07, 6.45) is 7.67. The van der Waals surface area contributed by atoms with Crippen molar-refractivity contribution in [3.8, 4) is 0 Å². The summed E-state index contributed by atoms with van der Waals surface area (Å²) in [5.74, 6) is 3.25. The SMILES string of the molecule is CC(C)CC(C)CC(C)(C)CCOCCC(C)(C)CC(C)CC(C)C. The van der Waals surface area contributed by atoms with Gasteiger partial charge in [0.15, 0.2) is 0 Å². The van der Waals surface area contributed by atoms with Gasteiger partial charge in [0.25, 0.3) is 0 Å². The molecule has 0 amide bonds. The molecular weight excluding hydrogens is 304 g/mol. The molecule has 0 N–H and O–H groups in total. The van der Waals surface area contributed by atoms with Gasteiger partial charge in [-0.15, -0.1) is 0 Å². The van der Waals surface area contributed by atoms with Crippen LogP contribution in [-0.4, -0.2) is 13.2 Å². The molecule has 0 aromatic carbocycles. The highest BCUT2D eigenvalue weighted by molar-refractivity contribution is 4.74. The third-order valence-electron chi connectivity index (χ3n) is 5.40. The van der Waals surface area contributed by atoms with Crippen LogP contribution in [0.5, 0.6) is 0 Å². The molecule has 0 heterocycles. The Balaban J connectivity index is 3.99. The van der Waals surface area contributed by atoms with Crippen molar-refractivity contribution >= 4 is 0 Å². The zero-order chi connectivity index (χ0) is 19.7. The van der Waals surface area contributed by atoms with Crippen LogP contribution in [0.3, 0.4) is 0 Å². The second-order valence-corrected chi connectivity index (χ2v) is 11.3. The van der Waals surface area contributed by atoms with Crippen molar-refractivity contribution in [2.75, 3.05) is 13.2 Å². The summed E-state index contributed by atoms with van der Waals surface area (Å²) in [5.41, 5.74) is 0.797. The predicted molar refractivity (Wildman–Crippen MR) is 114 cm³/mol. The molecule has 0 fully saturated rings. The summed E-state index contributed by atoms with van der Waals surface area (Å²) < 4.78 is 6.03. The van der Waals surface area contributed by atoms with E-state index in [1.165, 1.54) is 38.5 Å². The first-order chi connectivity index (χ1) is 11.3. The van der Waals surface area contributed by atoms with Gasteiger partial charge in [0.05, 0.1) is 0 Å². The Morgan fingerprint density at radius 2 is 0.920 bits per heavy atom. The Morgan fingerprint density at radius 1 is 0.600 bits per heavy atom. The first kappa shape index (κ1) is 25.0. The summed E-state index contributed by atoms with van der Waals surface area (Å²) in [6, 6.07) is 0. The molecule has 0 saturated heterocycles. The Morgan fingerprint density at radius 3 is 1.20 bits per heavy atom. The van der Waals surface area contributed by atoms with Crippen LogP contribution < -0.4 is 0 Å². The van der Waals surface area contributed by atoms with Crippen LogP contribution in [0.4, 0.5) is 0 Å². The van der Waals surface area contributed by atoms with Crippen LogP contribution >= 0.6 is 0 Å². The van der Waals surface area contributed by atoms with E-state index in [9.17, 15) is 0 Å². The lowest BCUT2D eigenvalue weighted by Crippen LogP contribution is -2.21. The monoisotopic (exact) mass is 354 g/mol. The van der Waals surface area contributed by atoms with Gasteiger partial charge in [-0.05, 0) is 73.0 Å². The van der Waals surface area contributed by atoms with Crippen LogP contribution in [0.25, 0.3) is 0 Å². The van der Waals surface area contributed by atoms with Crippen molar-refractivity contribution in [3.05, 3.63) is 0 Å². The Labute approximate surface area is 160 Å². The summed E-state index contributed by atoms with van der Waals surface area (Å²) in [6.45, 7) is 25.6. The average Bonchev–Trinajstić information content (AvgIpc) is 2.33. The minimum Gasteiger partial charge on any atom is -0.381 e. The molecule has 0 rings (SSSR count). The van der Waals surface area contributed by atoms with Gasteiger partial charge in [-0.3, -0.25) is 0 Å². The maximum atomic E-state index is 6.03. The fourth-order valence-corrected chi connectivity index (χ4v) is 4.67. The van der Waals surface area contributed by atoms with Crippen LogP contribution in [0.15, 0.2) is 0 Å². The zero-order valence-electron chi connectivity index (χ0n) is 19.4. The second-order valence-electron chi connectivity index (χ2n) is 11.3. The van der Waals surface area contributed by atoms with Crippen molar-refractivity contribution in [3.63, 3.8) is 0 Å². The molecule has 0 saturated carbocycles. The quantitative estimate of drug-likeness (QED) is 0.287. The summed E-state index contributed by atoms with van der Waals surface area (Å²) in [7, 11) is 0. The minimum absolute atomic E-state index is 0.398. The standard InChI is InChI=1S/C24H50O/c1-19(2)15-21(5)17-23(7,8)11-13-25-14-12-24(9,10)18-22(6)16-20(3)4/h19-22H,11-18H2,1-10H3. The summed E-state index contributed by atoms with van der Waals surface area (Å²) >= 11 is 0. The molecule has 0 bridgehead atoms. The number of hydrogen-bond donors (Lipinski definition) is 0. The van der Waals surface area contributed by atoms with Crippen LogP contribution in [-0.2, 0) is 4.74 Å². The third kappa shape index (κ3) is 14.8. The first-order valence-electron chi connectivity index (χ1n) is 10.9. The van der Waals surface area contributed by atoms with Gasteiger partial charge >= 0.3 is 0 Å². The van der Waals surface area contributed by atoms with E-state index in [1.54, 1.807) is 0 Å². The van der Waals surface area contributed by atoms with Crippen molar-refractivity contribution in [1.29, 1.82) is 0 Å². The molecular formula is C24H50O. The van der Waals surface area contributed by atoms with Crippen molar-refractivity contribution in [1.82, 2.24) is 0 Å². The van der Waals surface area contributed by atoms with Gasteiger partial charge in [0.1, 0.15) is 0 Å². The minimum atomic E-state index is 0.398. The van der Waals surface area contributed by atoms with Crippen LogP contribution in [0.2, 0.25) is 0 Å². The van der Waals surface area contributed by atoms with E-state index in [-0.39, 0.29) is 0 Å². The lowest BCUT2D eigenvalue weighted by molar-refractivity contribution is 0.0696. The Hall–Kier alpha value is -0.0400. The van der Waals surface area contributed by atoms with E-state index in [4.69, 9.17) is 4.74 Å². The smallest absolute Gasteiger partial charge is 0.0471 e. The molecule has 0 aliphatic heterocycles. The predicted octanol–water partition coefficient (Wildman–Crippen LogP) is 7.98. The van der Waals surface area contributed by atoms with E-state index in [2.05, 4.69) is 69.2 Å². The fraction of sp³-hybridized carbons (Fsp3) is 1.00. The van der Waals surface area contributed by atoms with Gasteiger partial charge in [-0.2, -0.15) is 0 Å². The van der Waals surface area contributed by atoms with Gasteiger partial charge in [-0.1, -0.05) is 69.2 Å².